The lowest BCUT2D eigenvalue weighted by atomic mass is 10.2. The van der Waals surface area contributed by atoms with Crippen molar-refractivity contribution in [1.82, 2.24) is 19.7 Å². The van der Waals surface area contributed by atoms with Crippen molar-refractivity contribution in [2.75, 3.05) is 26.8 Å². The van der Waals surface area contributed by atoms with Gasteiger partial charge in [-0.05, 0) is 19.2 Å². The fraction of sp³-hybridized carbons (Fsp3) is 0.500. The summed E-state index contributed by atoms with van der Waals surface area (Å²) < 4.78 is 7.63. The molecule has 0 spiro atoms. The molecule has 0 radical (unpaired) electrons. The van der Waals surface area contributed by atoms with Crippen LogP contribution < -0.4 is 0 Å². The highest BCUT2D eigenvalue weighted by Gasteiger charge is 2.20. The third-order valence-corrected chi connectivity index (χ3v) is 3.59. The summed E-state index contributed by atoms with van der Waals surface area (Å²) in [7, 11) is 2.13. The van der Waals surface area contributed by atoms with E-state index in [9.17, 15) is 0 Å². The summed E-state index contributed by atoms with van der Waals surface area (Å²) in [6.07, 6.45) is 2.03. The van der Waals surface area contributed by atoms with Gasteiger partial charge in [0.05, 0.1) is 19.3 Å². The highest BCUT2D eigenvalue weighted by atomic mass is 35.5. The molecule has 1 saturated heterocycles. The molecule has 7 heteroatoms. The Bertz CT molecular complexity index is 560. The Morgan fingerprint density at radius 3 is 3.11 bits per heavy atom. The molecule has 0 bridgehead atoms. The first-order chi connectivity index (χ1) is 8.74. The van der Waals surface area contributed by atoms with Crippen LogP contribution in [0.15, 0.2) is 18.3 Å². The summed E-state index contributed by atoms with van der Waals surface area (Å²) in [4.78, 5) is 2.32. The van der Waals surface area contributed by atoms with Crippen LogP contribution in [0.1, 0.15) is 0 Å². The van der Waals surface area contributed by atoms with Gasteiger partial charge in [-0.3, -0.25) is 4.90 Å². The Balaban J connectivity index is 0.00000133. The number of hydrogen-bond donors (Lipinski definition) is 0. The van der Waals surface area contributed by atoms with Gasteiger partial charge >= 0.3 is 0 Å². The average Bonchev–Trinajstić information content (AvgIpc) is 2.74. The van der Waals surface area contributed by atoms with Gasteiger partial charge in [-0.15, -0.1) is 22.6 Å². The summed E-state index contributed by atoms with van der Waals surface area (Å²) in [6, 6.07) is 4.23. The van der Waals surface area contributed by atoms with Crippen LogP contribution in [0.5, 0.6) is 0 Å². The van der Waals surface area contributed by atoms with Crippen molar-refractivity contribution in [1.29, 1.82) is 0 Å². The molecule has 1 unspecified atom stereocenters. The van der Waals surface area contributed by atoms with E-state index >= 15 is 0 Å². The Hall–Kier alpha value is -0.880. The number of aromatic nitrogens is 3. The lowest BCUT2D eigenvalue weighted by molar-refractivity contribution is 0.000181. The van der Waals surface area contributed by atoms with Crippen molar-refractivity contribution in [3.63, 3.8) is 0 Å². The van der Waals surface area contributed by atoms with Crippen molar-refractivity contribution >= 4 is 35.0 Å². The molecule has 1 aliphatic heterocycles. The summed E-state index contributed by atoms with van der Waals surface area (Å²) >= 11 is 5.83. The third-order valence-electron chi connectivity index (χ3n) is 3.41. The minimum atomic E-state index is 0. The van der Waals surface area contributed by atoms with Crippen molar-refractivity contribution in [3.8, 4) is 0 Å². The number of hydrogen-bond acceptors (Lipinski definition) is 4. The van der Waals surface area contributed by atoms with Gasteiger partial charge in [0.2, 0.25) is 0 Å². The van der Waals surface area contributed by atoms with Crippen LogP contribution >= 0.6 is 24.0 Å². The molecular formula is C12H16Cl2N4O. The average molecular weight is 303 g/mol. The van der Waals surface area contributed by atoms with Crippen molar-refractivity contribution < 1.29 is 4.74 Å². The van der Waals surface area contributed by atoms with Gasteiger partial charge in [-0.1, -0.05) is 11.6 Å². The van der Waals surface area contributed by atoms with E-state index in [0.29, 0.717) is 11.2 Å². The monoisotopic (exact) mass is 302 g/mol. The summed E-state index contributed by atoms with van der Waals surface area (Å²) in [5.41, 5.74) is 0.873. The van der Waals surface area contributed by atoms with E-state index in [0.717, 1.165) is 37.3 Å². The molecule has 0 saturated carbocycles. The van der Waals surface area contributed by atoms with Crippen LogP contribution in [0.2, 0.25) is 5.15 Å². The molecule has 19 heavy (non-hydrogen) atoms. The normalized spacial score (nSPS) is 20.4. The fourth-order valence-electron chi connectivity index (χ4n) is 2.27. The van der Waals surface area contributed by atoms with Gasteiger partial charge in [0.25, 0.3) is 0 Å². The van der Waals surface area contributed by atoms with Gasteiger partial charge in [-0.25, -0.2) is 0 Å². The molecule has 0 aliphatic carbocycles. The van der Waals surface area contributed by atoms with E-state index in [4.69, 9.17) is 16.3 Å². The number of rotatable bonds is 2. The van der Waals surface area contributed by atoms with Crippen LogP contribution in [-0.2, 0) is 11.3 Å². The molecule has 104 valence electrons. The Morgan fingerprint density at radius 1 is 1.47 bits per heavy atom. The van der Waals surface area contributed by atoms with Crippen LogP contribution in [-0.4, -0.2) is 52.5 Å². The third kappa shape index (κ3) is 3.00. The predicted molar refractivity (Wildman–Crippen MR) is 77.0 cm³/mol. The SMILES string of the molecule is CN1CCOCC1Cn1ccc2cc(Cl)nnc21.Cl. The molecular weight excluding hydrogens is 287 g/mol. The molecule has 3 heterocycles. The Labute approximate surface area is 122 Å². The Morgan fingerprint density at radius 2 is 2.32 bits per heavy atom. The largest absolute Gasteiger partial charge is 0.378 e. The number of likely N-dealkylation sites (N-methyl/N-ethyl adjacent to an activating group) is 1. The highest BCUT2D eigenvalue weighted by molar-refractivity contribution is 6.29. The number of nitrogens with zero attached hydrogens (tertiary/aromatic N) is 4. The second-order valence-electron chi connectivity index (χ2n) is 4.62. The molecule has 2 aromatic heterocycles. The van der Waals surface area contributed by atoms with Gasteiger partial charge in [0.1, 0.15) is 0 Å². The first kappa shape index (κ1) is 14.5. The van der Waals surface area contributed by atoms with E-state index < -0.39 is 0 Å². The molecule has 3 rings (SSSR count). The molecule has 1 atom stereocenters. The van der Waals surface area contributed by atoms with Crippen LogP contribution in [0.4, 0.5) is 0 Å². The topological polar surface area (TPSA) is 43.2 Å². The van der Waals surface area contributed by atoms with Gasteiger partial charge < -0.3 is 9.30 Å². The number of fused-ring (bicyclic) bond motifs is 1. The molecule has 1 fully saturated rings. The zero-order chi connectivity index (χ0) is 12.5. The minimum Gasteiger partial charge on any atom is -0.378 e. The highest BCUT2D eigenvalue weighted by Crippen LogP contribution is 2.17. The fourth-order valence-corrected chi connectivity index (χ4v) is 2.42. The second-order valence-corrected chi connectivity index (χ2v) is 5.01. The van der Waals surface area contributed by atoms with E-state index in [1.807, 2.05) is 18.3 Å². The van der Waals surface area contributed by atoms with Crippen molar-refractivity contribution in [3.05, 3.63) is 23.5 Å². The summed E-state index contributed by atoms with van der Waals surface area (Å²) in [5.74, 6) is 0. The molecule has 1 aliphatic rings. The van der Waals surface area contributed by atoms with Gasteiger partial charge in [0, 0.05) is 24.7 Å². The quantitative estimate of drug-likeness (QED) is 0.849. The molecule has 0 N–H and O–H groups in total. The van der Waals surface area contributed by atoms with Crippen molar-refractivity contribution in [2.45, 2.75) is 12.6 Å². The van der Waals surface area contributed by atoms with E-state index in [2.05, 4.69) is 26.7 Å². The smallest absolute Gasteiger partial charge is 0.162 e. The van der Waals surface area contributed by atoms with Gasteiger partial charge in [0.15, 0.2) is 10.8 Å². The number of halogens is 2. The van der Waals surface area contributed by atoms with Crippen molar-refractivity contribution in [2.24, 2.45) is 0 Å². The van der Waals surface area contributed by atoms with Crippen LogP contribution in [0.25, 0.3) is 11.0 Å². The molecule has 5 nitrogen and oxygen atoms in total. The van der Waals surface area contributed by atoms with Gasteiger partial charge in [-0.2, -0.15) is 0 Å². The molecule has 0 amide bonds. The summed E-state index contributed by atoms with van der Waals surface area (Å²) in [5, 5.41) is 9.51. The van der Waals surface area contributed by atoms with E-state index in [1.165, 1.54) is 0 Å². The maximum absolute atomic E-state index is 5.83. The number of morpholine rings is 1. The maximum atomic E-state index is 5.83. The van der Waals surface area contributed by atoms with E-state index in [1.54, 1.807) is 0 Å². The number of ether oxygens (including phenoxy) is 1. The van der Waals surface area contributed by atoms with Crippen LogP contribution in [0, 0.1) is 0 Å². The Kier molecular flexibility index (Phi) is 4.62. The maximum Gasteiger partial charge on any atom is 0.162 e. The summed E-state index contributed by atoms with van der Waals surface area (Å²) in [6.45, 7) is 3.41. The van der Waals surface area contributed by atoms with E-state index in [-0.39, 0.29) is 12.4 Å². The zero-order valence-electron chi connectivity index (χ0n) is 10.6. The van der Waals surface area contributed by atoms with Crippen LogP contribution in [0.3, 0.4) is 0 Å². The first-order valence-electron chi connectivity index (χ1n) is 6.00. The molecule has 0 aromatic carbocycles. The second kappa shape index (κ2) is 6.05. The lowest BCUT2D eigenvalue weighted by Gasteiger charge is -2.32. The molecule has 2 aromatic rings. The minimum absolute atomic E-state index is 0. The lowest BCUT2D eigenvalue weighted by Crippen LogP contribution is -2.45. The zero-order valence-corrected chi connectivity index (χ0v) is 12.2. The first-order valence-corrected chi connectivity index (χ1v) is 6.38. The standard InChI is InChI=1S/C12H15ClN4O.ClH/c1-16-4-5-18-8-10(16)7-17-3-2-9-6-11(13)14-15-12(9)17;/h2-3,6,10H,4-5,7-8H2,1H3;1H. The predicted octanol–water partition coefficient (Wildman–Crippen LogP) is 1.84.